The molecule has 474 valence electrons. The van der Waals surface area contributed by atoms with Crippen LogP contribution >= 0.6 is 0 Å². The summed E-state index contributed by atoms with van der Waals surface area (Å²) in [5.41, 5.74) is 3.85. The number of hydrogen-bond acceptors (Lipinski definition) is 5. The summed E-state index contributed by atoms with van der Waals surface area (Å²) in [6.45, 7) is 4.69. The third-order valence-electron chi connectivity index (χ3n) is 25.5. The minimum absolute atomic E-state index is 0.0118. The molecule has 6 fully saturated rings. The maximum absolute atomic E-state index is 14.4. The fourth-order valence-corrected chi connectivity index (χ4v) is 23.0. The Morgan fingerprint density at radius 2 is 0.821 bits per heavy atom. The Bertz CT molecular complexity index is 2430. The summed E-state index contributed by atoms with van der Waals surface area (Å²) in [6, 6.07) is 11.7. The topological polar surface area (TPSA) is 98.0 Å². The third kappa shape index (κ3) is 11.6. The summed E-state index contributed by atoms with van der Waals surface area (Å²) in [5, 5.41) is 42.2. The molecular weight excluding hydrogens is 1120 g/mol. The maximum Gasteiger partial charge on any atom is 0.453 e. The van der Waals surface area contributed by atoms with E-state index in [2.05, 4.69) is 26.0 Å². The van der Waals surface area contributed by atoms with Crippen LogP contribution in [0.25, 0.3) is 0 Å². The molecule has 0 heterocycles. The quantitative estimate of drug-likeness (QED) is 0.0503. The molecule has 8 aliphatic carbocycles. The molecule has 2 unspecified atom stereocenters. The number of phenols is 2. The second-order valence-corrected chi connectivity index (χ2v) is 31.2. The number of fused-ring (bicyclic) bond motifs is 6. The molecule has 0 saturated heterocycles. The lowest BCUT2D eigenvalue weighted by Gasteiger charge is -2.59. The highest BCUT2D eigenvalue weighted by Crippen LogP contribution is 2.80. The first-order valence-corrected chi connectivity index (χ1v) is 34.2. The molecule has 16 heteroatoms. The number of aliphatic hydroxyl groups is 2. The van der Waals surface area contributed by atoms with Crippen LogP contribution in [0.2, 0.25) is 0 Å². The van der Waals surface area contributed by atoms with Gasteiger partial charge in [0.2, 0.25) is 0 Å². The molecule has 10 atom stereocenters. The van der Waals surface area contributed by atoms with Crippen LogP contribution in [0.1, 0.15) is 266 Å². The summed E-state index contributed by atoms with van der Waals surface area (Å²) in [5.74, 6) is -7.14. The van der Waals surface area contributed by atoms with Crippen LogP contribution in [0.15, 0.2) is 36.4 Å². The van der Waals surface area contributed by atoms with Crippen molar-refractivity contribution in [2.45, 2.75) is 303 Å². The summed E-state index contributed by atoms with van der Waals surface area (Å²) >= 11 is 0. The van der Waals surface area contributed by atoms with Crippen molar-refractivity contribution in [1.29, 1.82) is 0 Å². The number of unbranched alkanes of at least 4 members (excludes halogenated alkanes) is 12. The van der Waals surface area contributed by atoms with Crippen LogP contribution in [-0.2, 0) is 23.6 Å². The summed E-state index contributed by atoms with van der Waals surface area (Å²) < 4.78 is 153. The zero-order valence-corrected chi connectivity index (χ0v) is 50.7. The summed E-state index contributed by atoms with van der Waals surface area (Å²) in [6.07, 6.45) is 9.55. The Kier molecular flexibility index (Phi) is 18.6. The van der Waals surface area contributed by atoms with Gasteiger partial charge in [0.15, 0.2) is 0 Å². The van der Waals surface area contributed by atoms with Crippen molar-refractivity contribution in [2.75, 3.05) is 0 Å². The number of phenolic OH excluding ortho intramolecular Hbond substituents is 2. The average molecular weight is 1220 g/mol. The minimum Gasteiger partial charge on any atom is -0.508 e. The van der Waals surface area contributed by atoms with Crippen molar-refractivity contribution in [1.82, 2.24) is 0 Å². The van der Waals surface area contributed by atoms with E-state index in [9.17, 15) is 68.5 Å². The molecule has 10 rings (SSSR count). The van der Waals surface area contributed by atoms with E-state index >= 15 is 0 Å². The molecule has 4 N–H and O–H groups in total. The van der Waals surface area contributed by atoms with E-state index in [1.54, 1.807) is 12.1 Å². The summed E-state index contributed by atoms with van der Waals surface area (Å²) in [4.78, 5) is 0. The molecule has 4 bridgehead atoms. The van der Waals surface area contributed by atoms with Gasteiger partial charge in [0.1, 0.15) is 11.5 Å². The van der Waals surface area contributed by atoms with Gasteiger partial charge in [-0.15, -0.1) is 0 Å². The van der Waals surface area contributed by atoms with Gasteiger partial charge in [-0.3, -0.25) is 4.21 Å². The van der Waals surface area contributed by atoms with E-state index in [0.717, 1.165) is 167 Å². The molecule has 84 heavy (non-hydrogen) atoms. The van der Waals surface area contributed by atoms with Crippen molar-refractivity contribution in [3.63, 3.8) is 0 Å². The van der Waals surface area contributed by atoms with Gasteiger partial charge in [0.05, 0.1) is 11.2 Å². The standard InChI is InChI=1S/C68H96F10O5S/c1-59-43-47(57-53-25-23-49(79)41-45(53)21-27-55(57)61(59)33-37-63(59,81)38-34-61)17-13-9-5-3-7-11-15-19-51(29-31-65(69,70)67(73,74)75)84(83)52(30-32-66(71,72)68(76,77)78)20-16-12-8-4-6-10-14-18-48-44-60(2)62(35-39-64(60,82)40-36-62)56-28-22-46-42-50(80)24-26-54(46)58(48)56/h23-26,41-42,47-48,51-52,55-58,79-82H,3-22,27-40,43-44H2,1-2H3/t47-,48-,51?,52?,55+,56+,57+,58+,59-,60-,61?,62?,63?,64?,84?/m0/s1. The normalized spacial score (nSPS) is 35.2. The van der Waals surface area contributed by atoms with Gasteiger partial charge in [-0.25, -0.2) is 0 Å². The van der Waals surface area contributed by atoms with E-state index in [-0.39, 0.29) is 46.0 Å². The number of rotatable bonds is 28. The van der Waals surface area contributed by atoms with E-state index in [0.29, 0.717) is 61.2 Å². The molecule has 2 aromatic rings. The molecule has 6 saturated carbocycles. The highest BCUT2D eigenvalue weighted by molar-refractivity contribution is 7.86. The summed E-state index contributed by atoms with van der Waals surface area (Å²) in [7, 11) is -2.26. The highest BCUT2D eigenvalue weighted by Gasteiger charge is 2.76. The minimum atomic E-state index is -5.86. The number of halogens is 10. The molecule has 2 aromatic carbocycles. The van der Waals surface area contributed by atoms with Crippen LogP contribution in [0.4, 0.5) is 43.9 Å². The number of aryl methyl sites for hydroxylation is 2. The van der Waals surface area contributed by atoms with Crippen molar-refractivity contribution < 1.29 is 68.5 Å². The monoisotopic (exact) mass is 1210 g/mol. The zero-order chi connectivity index (χ0) is 60.4. The molecular formula is C68H96F10O5S. The molecule has 0 radical (unpaired) electrons. The largest absolute Gasteiger partial charge is 0.508 e. The molecule has 0 spiro atoms. The fourth-order valence-electron chi connectivity index (χ4n) is 21.0. The first kappa shape index (κ1) is 64.4. The fraction of sp³-hybridized carbons (Fsp3) is 0.824. The van der Waals surface area contributed by atoms with Crippen LogP contribution in [-0.4, -0.2) is 70.5 Å². The van der Waals surface area contributed by atoms with Gasteiger partial charge in [-0.2, -0.15) is 43.9 Å². The number of hydrogen-bond donors (Lipinski definition) is 4. The van der Waals surface area contributed by atoms with E-state index in [4.69, 9.17) is 0 Å². The van der Waals surface area contributed by atoms with Crippen molar-refractivity contribution in [2.24, 2.45) is 45.3 Å². The predicted octanol–water partition coefficient (Wildman–Crippen LogP) is 19.2. The smallest absolute Gasteiger partial charge is 0.453 e. The SMILES string of the molecule is C[C@]12C[C@H](CCCCCCCCCC(CCC(F)(F)C(F)(F)F)S(=O)C(CCCCCCCCC[C@H]3C[C@]4(C)C5(O)CCC4(CC5)[C@@H]4CCc5cc(O)ccc5[C@@H]34)CCC(F)(F)C(F)(F)F)[C@@H]3c4ccc(O)cc4CC[C@H]3C13CCC2(O)CC3. The van der Waals surface area contributed by atoms with Gasteiger partial charge in [0, 0.05) is 45.0 Å². The number of benzene rings is 2. The third-order valence-corrected chi connectivity index (χ3v) is 27.8. The van der Waals surface area contributed by atoms with Gasteiger partial charge in [0.25, 0.3) is 0 Å². The lowest BCUT2D eigenvalue weighted by Crippen LogP contribution is -2.54. The van der Waals surface area contributed by atoms with Crippen LogP contribution in [0.3, 0.4) is 0 Å². The molecule has 0 aliphatic heterocycles. The second-order valence-electron chi connectivity index (χ2n) is 29.2. The highest BCUT2D eigenvalue weighted by atomic mass is 32.2. The average Bonchev–Trinajstić information content (AvgIpc) is 1.49. The Hall–Kier alpha value is -2.59. The van der Waals surface area contributed by atoms with Crippen molar-refractivity contribution >= 4 is 10.8 Å². The predicted molar refractivity (Wildman–Crippen MR) is 309 cm³/mol. The lowest BCUT2D eigenvalue weighted by molar-refractivity contribution is -0.284. The Morgan fingerprint density at radius 3 is 1.17 bits per heavy atom. The molecule has 8 aliphatic rings. The maximum atomic E-state index is 14.4. The zero-order valence-electron chi connectivity index (χ0n) is 49.9. The van der Waals surface area contributed by atoms with Crippen molar-refractivity contribution in [3.8, 4) is 11.5 Å². The first-order chi connectivity index (χ1) is 39.6. The second kappa shape index (κ2) is 24.3. The Labute approximate surface area is 495 Å². The van der Waals surface area contributed by atoms with Gasteiger partial charge in [-0.05, 0) is 221 Å². The van der Waals surface area contributed by atoms with Gasteiger partial charge < -0.3 is 20.4 Å². The van der Waals surface area contributed by atoms with Gasteiger partial charge >= 0.3 is 24.2 Å². The van der Waals surface area contributed by atoms with E-state index in [1.165, 1.54) is 22.3 Å². The molecule has 5 nitrogen and oxygen atoms in total. The first-order valence-electron chi connectivity index (χ1n) is 32.9. The van der Waals surface area contributed by atoms with Crippen LogP contribution < -0.4 is 0 Å². The van der Waals surface area contributed by atoms with E-state index < -0.39 is 82.4 Å². The Morgan fingerprint density at radius 1 is 0.488 bits per heavy atom. The molecule has 0 amide bonds. The molecule has 0 aromatic heterocycles. The van der Waals surface area contributed by atoms with Crippen LogP contribution in [0.5, 0.6) is 11.5 Å². The van der Waals surface area contributed by atoms with Crippen LogP contribution in [0, 0.1) is 45.3 Å². The lowest BCUT2D eigenvalue weighted by atomic mass is 9.45. The van der Waals surface area contributed by atoms with Gasteiger partial charge in [-0.1, -0.05) is 116 Å². The van der Waals surface area contributed by atoms with Crippen molar-refractivity contribution in [3.05, 3.63) is 58.7 Å². The number of alkyl halides is 10. The number of aromatic hydroxyl groups is 2. The Balaban J connectivity index is 0.700. The van der Waals surface area contributed by atoms with E-state index in [1.807, 2.05) is 12.1 Å².